The topological polar surface area (TPSA) is 59.1 Å². The molecule has 0 radical (unpaired) electrons. The molecule has 5 heteroatoms. The van der Waals surface area contributed by atoms with Crippen LogP contribution >= 0.6 is 11.3 Å². The van der Waals surface area contributed by atoms with Gasteiger partial charge in [0.1, 0.15) is 5.69 Å². The Hall–Kier alpha value is -2.01. The molecule has 0 fully saturated rings. The van der Waals surface area contributed by atoms with Crippen molar-refractivity contribution < 1.29 is 9.59 Å². The van der Waals surface area contributed by atoms with Gasteiger partial charge in [-0.25, -0.2) is 4.98 Å². The van der Waals surface area contributed by atoms with Gasteiger partial charge in [-0.2, -0.15) is 0 Å². The molecule has 0 saturated heterocycles. The molecular formula is C13H12N2O2S. The number of Topliss-reactive ketones (excluding diaryl/α,β-unsaturated/α-hetero) is 1. The maximum absolute atomic E-state index is 11.8. The van der Waals surface area contributed by atoms with Gasteiger partial charge in [-0.05, 0) is 38.1 Å². The van der Waals surface area contributed by atoms with Gasteiger partial charge in [-0.15, -0.1) is 11.3 Å². The quantitative estimate of drug-likeness (QED) is 0.863. The molecule has 0 aliphatic rings. The van der Waals surface area contributed by atoms with Crippen LogP contribution in [0.2, 0.25) is 0 Å². The molecule has 1 amide bonds. The summed E-state index contributed by atoms with van der Waals surface area (Å²) in [5.41, 5.74) is 1.68. The summed E-state index contributed by atoms with van der Waals surface area (Å²) in [6.45, 7) is 3.36. The molecule has 1 aromatic heterocycles. The lowest BCUT2D eigenvalue weighted by Crippen LogP contribution is -2.12. The van der Waals surface area contributed by atoms with Gasteiger partial charge in [0.25, 0.3) is 5.91 Å². The average molecular weight is 260 g/mol. The number of carbonyl (C=O) groups is 2. The maximum atomic E-state index is 11.8. The third kappa shape index (κ3) is 2.81. The monoisotopic (exact) mass is 260 g/mol. The zero-order valence-corrected chi connectivity index (χ0v) is 10.9. The molecule has 0 saturated carbocycles. The van der Waals surface area contributed by atoms with Crippen LogP contribution in [0.15, 0.2) is 29.6 Å². The zero-order chi connectivity index (χ0) is 13.1. The molecule has 0 aliphatic carbocycles. The minimum atomic E-state index is -0.241. The van der Waals surface area contributed by atoms with Crippen LogP contribution in [-0.4, -0.2) is 16.7 Å². The van der Waals surface area contributed by atoms with Gasteiger partial charge in [-0.3, -0.25) is 9.59 Å². The lowest BCUT2D eigenvalue weighted by Gasteiger charge is -2.03. The van der Waals surface area contributed by atoms with Gasteiger partial charge in [0.2, 0.25) is 0 Å². The summed E-state index contributed by atoms with van der Waals surface area (Å²) < 4.78 is 0. The van der Waals surface area contributed by atoms with Crippen molar-refractivity contribution in [3.8, 4) is 0 Å². The minimum Gasteiger partial charge on any atom is -0.321 e. The fraction of sp³-hybridized carbons (Fsp3) is 0.154. The van der Waals surface area contributed by atoms with E-state index in [0.29, 0.717) is 16.9 Å². The van der Waals surface area contributed by atoms with Crippen LogP contribution in [0.5, 0.6) is 0 Å². The van der Waals surface area contributed by atoms with Crippen molar-refractivity contribution >= 4 is 28.7 Å². The highest BCUT2D eigenvalue weighted by molar-refractivity contribution is 7.09. The van der Waals surface area contributed by atoms with Gasteiger partial charge >= 0.3 is 0 Å². The van der Waals surface area contributed by atoms with E-state index in [9.17, 15) is 9.59 Å². The van der Waals surface area contributed by atoms with Crippen molar-refractivity contribution in [1.82, 2.24) is 4.98 Å². The van der Waals surface area contributed by atoms with Crippen molar-refractivity contribution in [3.63, 3.8) is 0 Å². The summed E-state index contributed by atoms with van der Waals surface area (Å²) in [7, 11) is 0. The molecule has 0 spiro atoms. The Bertz CT molecular complexity index is 587. The second-order valence-electron chi connectivity index (χ2n) is 3.84. The SMILES string of the molecule is CC(=O)c1ccc(NC(=O)c2csc(C)n2)cc1. The highest BCUT2D eigenvalue weighted by Gasteiger charge is 2.09. The second-order valence-corrected chi connectivity index (χ2v) is 4.90. The third-order valence-corrected chi connectivity index (χ3v) is 3.17. The second kappa shape index (κ2) is 5.10. The van der Waals surface area contributed by atoms with Crippen molar-refractivity contribution in [2.75, 3.05) is 5.32 Å². The Morgan fingerprint density at radius 3 is 2.39 bits per heavy atom. The van der Waals surface area contributed by atoms with Crippen LogP contribution in [0, 0.1) is 6.92 Å². The van der Waals surface area contributed by atoms with E-state index < -0.39 is 0 Å². The number of ketones is 1. The Morgan fingerprint density at radius 1 is 1.22 bits per heavy atom. The summed E-state index contributed by atoms with van der Waals surface area (Å²) in [5.74, 6) is -0.238. The van der Waals surface area contributed by atoms with E-state index in [1.165, 1.54) is 18.3 Å². The van der Waals surface area contributed by atoms with Crippen molar-refractivity contribution in [2.24, 2.45) is 0 Å². The summed E-state index contributed by atoms with van der Waals surface area (Å²) in [6.07, 6.45) is 0. The van der Waals surface area contributed by atoms with Crippen LogP contribution in [-0.2, 0) is 0 Å². The molecule has 2 rings (SSSR count). The third-order valence-electron chi connectivity index (χ3n) is 2.40. The van der Waals surface area contributed by atoms with Crippen molar-refractivity contribution in [1.29, 1.82) is 0 Å². The number of thiazole rings is 1. The molecular weight excluding hydrogens is 248 g/mol. The van der Waals surface area contributed by atoms with E-state index in [-0.39, 0.29) is 11.7 Å². The molecule has 18 heavy (non-hydrogen) atoms. The number of anilines is 1. The summed E-state index contributed by atoms with van der Waals surface area (Å²) >= 11 is 1.43. The minimum absolute atomic E-state index is 0.00278. The normalized spacial score (nSPS) is 10.1. The first-order valence-corrected chi connectivity index (χ1v) is 6.28. The van der Waals surface area contributed by atoms with Gasteiger partial charge in [0, 0.05) is 16.6 Å². The van der Waals surface area contributed by atoms with Crippen LogP contribution in [0.25, 0.3) is 0 Å². The number of carbonyl (C=O) groups excluding carboxylic acids is 2. The average Bonchev–Trinajstić information content (AvgIpc) is 2.76. The summed E-state index contributed by atoms with van der Waals surface area (Å²) in [6, 6.07) is 6.77. The standard InChI is InChI=1S/C13H12N2O2S/c1-8(16)10-3-5-11(6-4-10)15-13(17)12-7-18-9(2)14-12/h3-7H,1-2H3,(H,15,17). The number of benzene rings is 1. The van der Waals surface area contributed by atoms with Crippen LogP contribution < -0.4 is 5.32 Å². The van der Waals surface area contributed by atoms with Crippen molar-refractivity contribution in [2.45, 2.75) is 13.8 Å². The molecule has 1 N–H and O–H groups in total. The summed E-state index contributed by atoms with van der Waals surface area (Å²) in [5, 5.41) is 5.30. The van der Waals surface area contributed by atoms with E-state index >= 15 is 0 Å². The first kappa shape index (κ1) is 12.4. The number of nitrogens with zero attached hydrogens (tertiary/aromatic N) is 1. The fourth-order valence-corrected chi connectivity index (χ4v) is 2.04. The number of aryl methyl sites for hydroxylation is 1. The van der Waals surface area contributed by atoms with Crippen molar-refractivity contribution in [3.05, 3.63) is 45.9 Å². The lowest BCUT2D eigenvalue weighted by atomic mass is 10.1. The predicted octanol–water partition coefficient (Wildman–Crippen LogP) is 2.91. The van der Waals surface area contributed by atoms with Crippen LogP contribution in [0.3, 0.4) is 0 Å². The van der Waals surface area contributed by atoms with E-state index in [1.54, 1.807) is 29.6 Å². The number of aromatic nitrogens is 1. The van der Waals surface area contributed by atoms with E-state index in [2.05, 4.69) is 10.3 Å². The first-order chi connectivity index (χ1) is 8.56. The van der Waals surface area contributed by atoms with E-state index in [0.717, 1.165) is 5.01 Å². The zero-order valence-electron chi connectivity index (χ0n) is 10.1. The number of rotatable bonds is 3. The highest BCUT2D eigenvalue weighted by atomic mass is 32.1. The predicted molar refractivity (Wildman–Crippen MR) is 71.3 cm³/mol. The number of nitrogens with one attached hydrogen (secondary N) is 1. The molecule has 0 bridgehead atoms. The van der Waals surface area contributed by atoms with Gasteiger partial charge in [0.05, 0.1) is 5.01 Å². The maximum Gasteiger partial charge on any atom is 0.275 e. The molecule has 1 heterocycles. The first-order valence-electron chi connectivity index (χ1n) is 5.41. The Morgan fingerprint density at radius 2 is 1.89 bits per heavy atom. The smallest absolute Gasteiger partial charge is 0.275 e. The fourth-order valence-electron chi connectivity index (χ4n) is 1.45. The van der Waals surface area contributed by atoms with Crippen LogP contribution in [0.4, 0.5) is 5.69 Å². The van der Waals surface area contributed by atoms with Crippen LogP contribution in [0.1, 0.15) is 32.8 Å². The van der Waals surface area contributed by atoms with Gasteiger partial charge in [0.15, 0.2) is 5.78 Å². The van der Waals surface area contributed by atoms with E-state index in [4.69, 9.17) is 0 Å². The Labute approximate surface area is 109 Å². The highest BCUT2D eigenvalue weighted by Crippen LogP contribution is 2.13. The molecule has 0 unspecified atom stereocenters. The molecule has 0 aliphatic heterocycles. The van der Waals surface area contributed by atoms with Gasteiger partial charge in [-0.1, -0.05) is 0 Å². The number of hydrogen-bond donors (Lipinski definition) is 1. The molecule has 1 aromatic carbocycles. The largest absolute Gasteiger partial charge is 0.321 e. The molecule has 0 atom stereocenters. The molecule has 2 aromatic rings. The molecule has 92 valence electrons. The number of hydrogen-bond acceptors (Lipinski definition) is 4. The summed E-state index contributed by atoms with van der Waals surface area (Å²) in [4.78, 5) is 27.0. The Balaban J connectivity index is 2.10. The molecule has 4 nitrogen and oxygen atoms in total. The van der Waals surface area contributed by atoms with E-state index in [1.807, 2.05) is 6.92 Å². The Kier molecular flexibility index (Phi) is 3.53. The van der Waals surface area contributed by atoms with Gasteiger partial charge < -0.3 is 5.32 Å². The lowest BCUT2D eigenvalue weighted by molar-refractivity contribution is 0.101. The number of amides is 1.